The van der Waals surface area contributed by atoms with E-state index in [0.717, 1.165) is 29.7 Å². The molecule has 0 saturated carbocycles. The van der Waals surface area contributed by atoms with E-state index in [0.29, 0.717) is 41.3 Å². The summed E-state index contributed by atoms with van der Waals surface area (Å²) in [5, 5.41) is 11.9. The van der Waals surface area contributed by atoms with Gasteiger partial charge < -0.3 is 19.3 Å². The summed E-state index contributed by atoms with van der Waals surface area (Å²) in [7, 11) is 1.82. The number of benzene rings is 2. The number of hydrogen-bond acceptors (Lipinski definition) is 8. The van der Waals surface area contributed by atoms with E-state index in [4.69, 9.17) is 4.74 Å². The summed E-state index contributed by atoms with van der Waals surface area (Å²) in [4.78, 5) is 23.9. The van der Waals surface area contributed by atoms with Gasteiger partial charge in [0.25, 0.3) is 0 Å². The van der Waals surface area contributed by atoms with E-state index in [-0.39, 0.29) is 5.56 Å². The van der Waals surface area contributed by atoms with Crippen LogP contribution >= 0.6 is 0 Å². The number of aliphatic hydroxyl groups is 1. The summed E-state index contributed by atoms with van der Waals surface area (Å²) in [6, 6.07) is 10.4. The van der Waals surface area contributed by atoms with Crippen LogP contribution in [0.1, 0.15) is 17.4 Å². The average Bonchev–Trinajstić information content (AvgIpc) is 3.29. The number of aryl methyl sites for hydroxylation is 1. The summed E-state index contributed by atoms with van der Waals surface area (Å²) in [5.74, 6) is -0.441. The minimum Gasteiger partial charge on any atom is -0.382 e. The molecule has 4 heterocycles. The van der Waals surface area contributed by atoms with Gasteiger partial charge in [0.2, 0.25) is 0 Å². The zero-order chi connectivity index (χ0) is 23.9. The Morgan fingerprint density at radius 3 is 2.66 bits per heavy atom. The number of morpholine rings is 1. The highest BCUT2D eigenvalue weighted by atomic mass is 19.1. The Bertz CT molecular complexity index is 1550. The standard InChI is InChI=1S/C25H22FN7O2/c1-32-14-31-23-22(29-13-30-25(23)32)24(34)15-2-5-19(26)18(10-15)21-17-4-3-16(11-20(17)27-12-28-21)33-6-8-35-9-7-33/h2-5,10-14,24,34H,6-9H2,1H3. The van der Waals surface area contributed by atoms with Gasteiger partial charge in [-0.25, -0.2) is 29.3 Å². The van der Waals surface area contributed by atoms with Gasteiger partial charge in [-0.3, -0.25) is 0 Å². The second kappa shape index (κ2) is 8.64. The van der Waals surface area contributed by atoms with Crippen molar-refractivity contribution in [1.82, 2.24) is 29.5 Å². The highest BCUT2D eigenvalue weighted by Crippen LogP contribution is 2.33. The lowest BCUT2D eigenvalue weighted by atomic mass is 9.99. The number of halogens is 1. The van der Waals surface area contributed by atoms with Crippen molar-refractivity contribution >= 4 is 27.8 Å². The molecule has 10 heteroatoms. The number of rotatable bonds is 4. The van der Waals surface area contributed by atoms with Crippen LogP contribution in [0.15, 0.2) is 55.4 Å². The van der Waals surface area contributed by atoms with E-state index in [1.807, 2.05) is 25.2 Å². The summed E-state index contributed by atoms with van der Waals surface area (Å²) in [6.45, 7) is 2.99. The maximum absolute atomic E-state index is 15.1. The van der Waals surface area contributed by atoms with E-state index in [9.17, 15) is 5.11 Å². The second-order valence-electron chi connectivity index (χ2n) is 8.45. The lowest BCUT2D eigenvalue weighted by Gasteiger charge is -2.29. The molecule has 1 fully saturated rings. The highest BCUT2D eigenvalue weighted by molar-refractivity contribution is 5.94. The lowest BCUT2D eigenvalue weighted by Crippen LogP contribution is -2.36. The molecule has 6 rings (SSSR count). The van der Waals surface area contributed by atoms with Crippen LogP contribution < -0.4 is 4.90 Å². The number of ether oxygens (including phenoxy) is 1. The van der Waals surface area contributed by atoms with Crippen molar-refractivity contribution in [2.75, 3.05) is 31.2 Å². The molecule has 1 saturated heterocycles. The van der Waals surface area contributed by atoms with Gasteiger partial charge >= 0.3 is 0 Å². The minimum atomic E-state index is -1.12. The predicted molar refractivity (Wildman–Crippen MR) is 128 cm³/mol. The molecule has 3 aromatic heterocycles. The Balaban J connectivity index is 1.41. The topological polar surface area (TPSA) is 102 Å². The van der Waals surface area contributed by atoms with E-state index < -0.39 is 11.9 Å². The van der Waals surface area contributed by atoms with Crippen molar-refractivity contribution in [3.05, 3.63) is 72.5 Å². The molecule has 35 heavy (non-hydrogen) atoms. The first-order valence-corrected chi connectivity index (χ1v) is 11.3. The van der Waals surface area contributed by atoms with Crippen molar-refractivity contribution in [2.24, 2.45) is 7.05 Å². The smallest absolute Gasteiger partial charge is 0.163 e. The summed E-state index contributed by atoms with van der Waals surface area (Å²) in [5.41, 5.74) is 4.43. The predicted octanol–water partition coefficient (Wildman–Crippen LogP) is 3.03. The van der Waals surface area contributed by atoms with Gasteiger partial charge in [0.1, 0.15) is 35.8 Å². The van der Waals surface area contributed by atoms with Crippen molar-refractivity contribution in [2.45, 2.75) is 6.10 Å². The Morgan fingerprint density at radius 2 is 1.80 bits per heavy atom. The lowest BCUT2D eigenvalue weighted by molar-refractivity contribution is 0.122. The van der Waals surface area contributed by atoms with E-state index >= 15 is 4.39 Å². The third-order valence-electron chi connectivity index (χ3n) is 6.34. The molecule has 1 atom stereocenters. The quantitative estimate of drug-likeness (QED) is 0.427. The van der Waals surface area contributed by atoms with Gasteiger partial charge in [0.15, 0.2) is 5.65 Å². The van der Waals surface area contributed by atoms with Crippen molar-refractivity contribution in [3.63, 3.8) is 0 Å². The molecule has 1 aliphatic rings. The number of aromatic nitrogens is 6. The maximum atomic E-state index is 15.1. The van der Waals surface area contributed by atoms with Gasteiger partial charge in [-0.2, -0.15) is 0 Å². The van der Waals surface area contributed by atoms with Crippen molar-refractivity contribution < 1.29 is 14.2 Å². The maximum Gasteiger partial charge on any atom is 0.163 e. The number of hydrogen-bond donors (Lipinski definition) is 1. The molecule has 0 radical (unpaired) electrons. The zero-order valence-corrected chi connectivity index (χ0v) is 19.0. The molecular formula is C25H22FN7O2. The molecule has 0 bridgehead atoms. The first-order chi connectivity index (χ1) is 17.1. The first-order valence-electron chi connectivity index (χ1n) is 11.3. The van der Waals surface area contributed by atoms with Gasteiger partial charge in [-0.05, 0) is 35.9 Å². The number of nitrogens with zero attached hydrogens (tertiary/aromatic N) is 7. The number of aliphatic hydroxyl groups excluding tert-OH is 1. The Morgan fingerprint density at radius 1 is 0.971 bits per heavy atom. The van der Waals surface area contributed by atoms with Gasteiger partial charge in [-0.15, -0.1) is 0 Å². The fraction of sp³-hybridized carbons (Fsp3) is 0.240. The summed E-state index contributed by atoms with van der Waals surface area (Å²) >= 11 is 0. The molecular weight excluding hydrogens is 449 g/mol. The Labute approximate surface area is 199 Å². The molecule has 5 aromatic rings. The van der Waals surface area contributed by atoms with Crippen LogP contribution in [0.3, 0.4) is 0 Å². The second-order valence-corrected chi connectivity index (χ2v) is 8.45. The molecule has 2 aromatic carbocycles. The molecule has 1 unspecified atom stereocenters. The number of fused-ring (bicyclic) bond motifs is 2. The number of imidazole rings is 1. The minimum absolute atomic E-state index is 0.277. The number of anilines is 1. The summed E-state index contributed by atoms with van der Waals surface area (Å²) < 4.78 is 22.3. The molecule has 0 amide bonds. The Kier molecular flexibility index (Phi) is 5.31. The largest absolute Gasteiger partial charge is 0.382 e. The van der Waals surface area contributed by atoms with E-state index in [2.05, 4.69) is 29.8 Å². The van der Waals surface area contributed by atoms with E-state index in [1.54, 1.807) is 23.0 Å². The molecule has 176 valence electrons. The monoisotopic (exact) mass is 471 g/mol. The third kappa shape index (κ3) is 3.76. The van der Waals surface area contributed by atoms with E-state index in [1.165, 1.54) is 18.7 Å². The van der Waals surface area contributed by atoms with Crippen molar-refractivity contribution in [3.8, 4) is 11.3 Å². The summed E-state index contributed by atoms with van der Waals surface area (Å²) in [6.07, 6.45) is 3.32. The highest BCUT2D eigenvalue weighted by Gasteiger charge is 2.21. The normalized spacial score (nSPS) is 15.1. The van der Waals surface area contributed by atoms with Gasteiger partial charge in [0, 0.05) is 36.8 Å². The fourth-order valence-corrected chi connectivity index (χ4v) is 4.49. The first kappa shape index (κ1) is 21.5. The average molecular weight is 471 g/mol. The van der Waals surface area contributed by atoms with Crippen LogP contribution in [0.5, 0.6) is 0 Å². The SMILES string of the molecule is Cn1cnc2c(C(O)c3ccc(F)c(-c4ncnc5cc(N6CCOCC6)ccc45)c3)ncnc21. The van der Waals surface area contributed by atoms with Crippen LogP contribution in [-0.4, -0.2) is 60.9 Å². The van der Waals surface area contributed by atoms with Crippen molar-refractivity contribution in [1.29, 1.82) is 0 Å². The fourth-order valence-electron chi connectivity index (χ4n) is 4.49. The zero-order valence-electron chi connectivity index (χ0n) is 19.0. The molecule has 9 nitrogen and oxygen atoms in total. The molecule has 0 aliphatic carbocycles. The Hall–Kier alpha value is -4.02. The van der Waals surface area contributed by atoms with Crippen LogP contribution in [0.4, 0.5) is 10.1 Å². The molecule has 0 spiro atoms. The molecule has 1 N–H and O–H groups in total. The van der Waals surface area contributed by atoms with Gasteiger partial charge in [-0.1, -0.05) is 6.07 Å². The van der Waals surface area contributed by atoms with Gasteiger partial charge in [0.05, 0.1) is 30.8 Å². The third-order valence-corrected chi connectivity index (χ3v) is 6.34. The van der Waals surface area contributed by atoms with Crippen LogP contribution in [0.2, 0.25) is 0 Å². The molecule has 1 aliphatic heterocycles. The van der Waals surface area contributed by atoms with Crippen LogP contribution in [0.25, 0.3) is 33.3 Å². The van der Waals surface area contributed by atoms with Crippen LogP contribution in [0, 0.1) is 5.82 Å². The van der Waals surface area contributed by atoms with Crippen LogP contribution in [-0.2, 0) is 11.8 Å².